The molecule has 3 aliphatic heterocycles. The number of nitrogens with zero attached hydrogens (tertiary/aromatic N) is 3. The number of carbonyl (C=O) groups is 1. The molecule has 0 spiro atoms. The summed E-state index contributed by atoms with van der Waals surface area (Å²) in [4.78, 5) is 17.4. The van der Waals surface area contributed by atoms with Crippen molar-refractivity contribution < 1.29 is 22.7 Å². The fourth-order valence-electron chi connectivity index (χ4n) is 4.97. The number of nitrogens with one attached hydrogen (secondary N) is 1. The van der Waals surface area contributed by atoms with Gasteiger partial charge in [0.1, 0.15) is 0 Å². The van der Waals surface area contributed by atoms with Crippen LogP contribution < -0.4 is 14.8 Å². The number of anilines is 1. The zero-order valence-corrected chi connectivity index (χ0v) is 21.3. The van der Waals surface area contributed by atoms with Crippen LogP contribution in [-0.2, 0) is 21.4 Å². The monoisotopic (exact) mass is 514 g/mol. The van der Waals surface area contributed by atoms with Crippen molar-refractivity contribution in [2.75, 3.05) is 57.9 Å². The predicted octanol–water partition coefficient (Wildman–Crippen LogP) is 2.74. The Bertz CT molecular complexity index is 1170. The molecule has 9 nitrogen and oxygen atoms in total. The first kappa shape index (κ1) is 25.0. The van der Waals surface area contributed by atoms with E-state index < -0.39 is 10.0 Å². The molecule has 0 unspecified atom stereocenters. The molecule has 0 bridgehead atoms. The lowest BCUT2D eigenvalue weighted by Crippen LogP contribution is -2.48. The summed E-state index contributed by atoms with van der Waals surface area (Å²) in [5.74, 6) is 1.45. The van der Waals surface area contributed by atoms with Gasteiger partial charge in [-0.15, -0.1) is 0 Å². The van der Waals surface area contributed by atoms with Crippen LogP contribution in [0.15, 0.2) is 47.4 Å². The molecule has 0 aromatic heterocycles. The van der Waals surface area contributed by atoms with Crippen LogP contribution in [0.5, 0.6) is 11.5 Å². The summed E-state index contributed by atoms with van der Waals surface area (Å²) < 4.78 is 38.6. The molecule has 10 heteroatoms. The SMILES string of the molecule is O=C(CN1CCN(Cc2ccc3c(c2)OCO3)CC1)Nc1cccc(S(=O)(=O)N2CCCCCC2)c1. The molecular formula is C26H34N4O5S. The molecule has 0 saturated carbocycles. The minimum Gasteiger partial charge on any atom is -0.454 e. The summed E-state index contributed by atoms with van der Waals surface area (Å²) >= 11 is 0. The molecule has 0 radical (unpaired) electrons. The topological polar surface area (TPSA) is 91.4 Å². The largest absolute Gasteiger partial charge is 0.454 e. The van der Waals surface area contributed by atoms with Gasteiger partial charge in [-0.1, -0.05) is 25.0 Å². The fraction of sp³-hybridized carbons (Fsp3) is 0.500. The molecule has 2 aromatic carbocycles. The number of ether oxygens (including phenoxy) is 2. The van der Waals surface area contributed by atoms with Crippen LogP contribution in [0, 0.1) is 0 Å². The van der Waals surface area contributed by atoms with Crippen LogP contribution in [0.4, 0.5) is 5.69 Å². The molecule has 2 aromatic rings. The van der Waals surface area contributed by atoms with Gasteiger partial charge in [0.05, 0.1) is 11.4 Å². The van der Waals surface area contributed by atoms with Gasteiger partial charge >= 0.3 is 0 Å². The normalized spacial score (nSPS) is 19.7. The number of piperazine rings is 1. The van der Waals surface area contributed by atoms with E-state index >= 15 is 0 Å². The van der Waals surface area contributed by atoms with Gasteiger partial charge in [0, 0.05) is 51.5 Å². The lowest BCUT2D eigenvalue weighted by Gasteiger charge is -2.34. The Morgan fingerprint density at radius 1 is 0.833 bits per heavy atom. The first-order valence-electron chi connectivity index (χ1n) is 12.7. The van der Waals surface area contributed by atoms with Crippen molar-refractivity contribution in [1.82, 2.24) is 14.1 Å². The second-order valence-electron chi connectivity index (χ2n) is 9.63. The van der Waals surface area contributed by atoms with E-state index in [4.69, 9.17) is 9.47 Å². The van der Waals surface area contributed by atoms with Crippen molar-refractivity contribution in [1.29, 1.82) is 0 Å². The van der Waals surface area contributed by atoms with E-state index in [2.05, 4.69) is 21.2 Å². The van der Waals surface area contributed by atoms with Crippen molar-refractivity contribution in [3.8, 4) is 11.5 Å². The van der Waals surface area contributed by atoms with E-state index in [-0.39, 0.29) is 24.1 Å². The standard InChI is InChI=1S/C26H34N4O5S/c31-26(27-22-6-5-7-23(17-22)36(32,33)30-10-3-1-2-4-11-30)19-29-14-12-28(13-15-29)18-21-8-9-24-25(16-21)35-20-34-24/h5-9,16-17H,1-4,10-15,18-20H2,(H,27,31). The summed E-state index contributed by atoms with van der Waals surface area (Å²) in [5.41, 5.74) is 1.69. The second-order valence-corrected chi connectivity index (χ2v) is 11.6. The summed E-state index contributed by atoms with van der Waals surface area (Å²) in [6.07, 6.45) is 3.91. The Morgan fingerprint density at radius 3 is 2.33 bits per heavy atom. The van der Waals surface area contributed by atoms with E-state index in [1.807, 2.05) is 12.1 Å². The number of carbonyl (C=O) groups excluding carboxylic acids is 1. The molecule has 2 fully saturated rings. The lowest BCUT2D eigenvalue weighted by molar-refractivity contribution is -0.117. The average molecular weight is 515 g/mol. The van der Waals surface area contributed by atoms with Crippen molar-refractivity contribution in [2.24, 2.45) is 0 Å². The van der Waals surface area contributed by atoms with Gasteiger partial charge in [-0.2, -0.15) is 4.31 Å². The van der Waals surface area contributed by atoms with Crippen LogP contribution in [-0.4, -0.2) is 81.0 Å². The van der Waals surface area contributed by atoms with E-state index in [0.717, 1.165) is 69.9 Å². The molecule has 1 N–H and O–H groups in total. The van der Waals surface area contributed by atoms with Gasteiger partial charge in [0.15, 0.2) is 11.5 Å². The van der Waals surface area contributed by atoms with Gasteiger partial charge in [-0.25, -0.2) is 8.42 Å². The Kier molecular flexibility index (Phi) is 7.76. The molecule has 1 amide bonds. The van der Waals surface area contributed by atoms with Crippen LogP contribution >= 0.6 is 0 Å². The van der Waals surface area contributed by atoms with Gasteiger partial charge in [0.25, 0.3) is 0 Å². The molecule has 3 heterocycles. The Labute approximate surface area is 213 Å². The van der Waals surface area contributed by atoms with Crippen molar-refractivity contribution in [3.63, 3.8) is 0 Å². The van der Waals surface area contributed by atoms with Gasteiger partial charge in [-0.3, -0.25) is 14.6 Å². The lowest BCUT2D eigenvalue weighted by atomic mass is 10.1. The summed E-state index contributed by atoms with van der Waals surface area (Å²) in [5, 5.41) is 2.89. The van der Waals surface area contributed by atoms with E-state index in [0.29, 0.717) is 18.8 Å². The van der Waals surface area contributed by atoms with Gasteiger partial charge in [-0.05, 0) is 48.7 Å². The molecule has 3 aliphatic rings. The maximum Gasteiger partial charge on any atom is 0.243 e. The highest BCUT2D eigenvalue weighted by atomic mass is 32.2. The molecule has 2 saturated heterocycles. The average Bonchev–Trinajstić information content (AvgIpc) is 3.16. The second kappa shape index (κ2) is 11.2. The number of hydrogen-bond acceptors (Lipinski definition) is 7. The van der Waals surface area contributed by atoms with E-state index in [1.165, 1.54) is 5.56 Å². The van der Waals surface area contributed by atoms with E-state index in [1.54, 1.807) is 28.6 Å². The van der Waals surface area contributed by atoms with Crippen LogP contribution in [0.1, 0.15) is 31.2 Å². The molecule has 0 aliphatic carbocycles. The number of benzene rings is 2. The summed E-state index contributed by atoms with van der Waals surface area (Å²) in [7, 11) is -3.56. The Balaban J connectivity index is 1.11. The zero-order chi connectivity index (χ0) is 25.0. The zero-order valence-electron chi connectivity index (χ0n) is 20.5. The predicted molar refractivity (Wildman–Crippen MR) is 137 cm³/mol. The third-order valence-electron chi connectivity index (χ3n) is 7.00. The molecule has 194 valence electrons. The highest BCUT2D eigenvalue weighted by Crippen LogP contribution is 2.33. The summed E-state index contributed by atoms with van der Waals surface area (Å²) in [6.45, 7) is 5.81. The van der Waals surface area contributed by atoms with Crippen molar-refractivity contribution in [2.45, 2.75) is 37.1 Å². The smallest absolute Gasteiger partial charge is 0.243 e. The van der Waals surface area contributed by atoms with Crippen molar-refractivity contribution >= 4 is 21.6 Å². The highest BCUT2D eigenvalue weighted by Gasteiger charge is 2.26. The van der Waals surface area contributed by atoms with Crippen LogP contribution in [0.2, 0.25) is 0 Å². The third kappa shape index (κ3) is 6.00. The number of fused-ring (bicyclic) bond motifs is 1. The first-order valence-corrected chi connectivity index (χ1v) is 14.1. The van der Waals surface area contributed by atoms with Crippen LogP contribution in [0.25, 0.3) is 0 Å². The summed E-state index contributed by atoms with van der Waals surface area (Å²) in [6, 6.07) is 12.7. The van der Waals surface area contributed by atoms with Crippen LogP contribution in [0.3, 0.4) is 0 Å². The Morgan fingerprint density at radius 2 is 1.56 bits per heavy atom. The molecular weight excluding hydrogens is 480 g/mol. The number of rotatable bonds is 7. The third-order valence-corrected chi connectivity index (χ3v) is 8.89. The highest BCUT2D eigenvalue weighted by molar-refractivity contribution is 7.89. The number of amides is 1. The minimum absolute atomic E-state index is 0.136. The molecule has 36 heavy (non-hydrogen) atoms. The molecule has 0 atom stereocenters. The van der Waals surface area contributed by atoms with Crippen molar-refractivity contribution in [3.05, 3.63) is 48.0 Å². The quantitative estimate of drug-likeness (QED) is 0.608. The molecule has 5 rings (SSSR count). The maximum atomic E-state index is 13.1. The van der Waals surface area contributed by atoms with E-state index in [9.17, 15) is 13.2 Å². The fourth-order valence-corrected chi connectivity index (χ4v) is 6.54. The van der Waals surface area contributed by atoms with Gasteiger partial charge in [0.2, 0.25) is 22.7 Å². The number of sulfonamides is 1. The maximum absolute atomic E-state index is 13.1. The van der Waals surface area contributed by atoms with Gasteiger partial charge < -0.3 is 14.8 Å². The number of hydrogen-bond donors (Lipinski definition) is 1. The first-order chi connectivity index (χ1) is 17.5. The minimum atomic E-state index is -3.56. The Hall–Kier alpha value is -2.66.